The Morgan fingerprint density at radius 3 is 2.69 bits per heavy atom. The molecule has 3 rings (SSSR count). The summed E-state index contributed by atoms with van der Waals surface area (Å²) in [5, 5.41) is 7.97. The lowest BCUT2D eigenvalue weighted by Crippen LogP contribution is -2.44. The molecule has 26 heavy (non-hydrogen) atoms. The van der Waals surface area contributed by atoms with Gasteiger partial charge in [0.1, 0.15) is 0 Å². The van der Waals surface area contributed by atoms with Gasteiger partial charge in [-0.1, -0.05) is 15.9 Å². The molecule has 7 heteroatoms. The van der Waals surface area contributed by atoms with Crippen molar-refractivity contribution in [1.29, 1.82) is 0 Å². The van der Waals surface area contributed by atoms with Crippen molar-refractivity contribution in [3.05, 3.63) is 28.7 Å². The molecule has 1 heterocycles. The highest BCUT2D eigenvalue weighted by atomic mass is 127. The highest BCUT2D eigenvalue weighted by Crippen LogP contribution is 2.28. The number of guanidine groups is 1. The molecule has 1 saturated carbocycles. The summed E-state index contributed by atoms with van der Waals surface area (Å²) >= 11 is 5.50. The van der Waals surface area contributed by atoms with E-state index in [0.29, 0.717) is 12.0 Å². The SMILES string of the molecule is CN=C(NCC1CCN(c2ccc(Br)cc2)C1)NC1CCC(SC)C1.I. The molecule has 1 aromatic carbocycles. The van der Waals surface area contributed by atoms with E-state index in [-0.39, 0.29) is 24.0 Å². The third kappa shape index (κ3) is 6.19. The lowest BCUT2D eigenvalue weighted by atomic mass is 10.1. The molecule has 3 atom stereocenters. The van der Waals surface area contributed by atoms with Crippen LogP contribution >= 0.6 is 51.7 Å². The second-order valence-electron chi connectivity index (χ2n) is 7.04. The van der Waals surface area contributed by atoms with Gasteiger partial charge in [-0.2, -0.15) is 11.8 Å². The number of benzene rings is 1. The van der Waals surface area contributed by atoms with Crippen molar-refractivity contribution in [2.45, 2.75) is 37.0 Å². The molecule has 1 aromatic rings. The Labute approximate surface area is 187 Å². The van der Waals surface area contributed by atoms with Crippen molar-refractivity contribution in [3.63, 3.8) is 0 Å². The van der Waals surface area contributed by atoms with Crippen LogP contribution in [0.4, 0.5) is 5.69 Å². The molecule has 1 aliphatic carbocycles. The average Bonchev–Trinajstić information content (AvgIpc) is 3.28. The Kier molecular flexibility index (Phi) is 9.37. The zero-order valence-corrected chi connectivity index (χ0v) is 20.3. The zero-order valence-electron chi connectivity index (χ0n) is 15.6. The van der Waals surface area contributed by atoms with Gasteiger partial charge >= 0.3 is 0 Å². The van der Waals surface area contributed by atoms with Gasteiger partial charge in [-0.25, -0.2) is 0 Å². The number of hydrogen-bond acceptors (Lipinski definition) is 3. The lowest BCUT2D eigenvalue weighted by Gasteiger charge is -2.21. The van der Waals surface area contributed by atoms with E-state index in [0.717, 1.165) is 35.3 Å². The second-order valence-corrected chi connectivity index (χ2v) is 9.10. The number of rotatable bonds is 5. The molecular weight excluding hydrogens is 523 g/mol. The Morgan fingerprint density at radius 2 is 2.04 bits per heavy atom. The van der Waals surface area contributed by atoms with Crippen LogP contribution in [0.5, 0.6) is 0 Å². The van der Waals surface area contributed by atoms with Crippen LogP contribution in [-0.2, 0) is 0 Å². The summed E-state index contributed by atoms with van der Waals surface area (Å²) in [5.41, 5.74) is 1.32. The van der Waals surface area contributed by atoms with Crippen LogP contribution in [0.15, 0.2) is 33.7 Å². The van der Waals surface area contributed by atoms with Crippen molar-refractivity contribution >= 4 is 63.3 Å². The number of aliphatic imine (C=N–C) groups is 1. The zero-order chi connectivity index (χ0) is 17.6. The molecule has 0 spiro atoms. The largest absolute Gasteiger partial charge is 0.371 e. The Morgan fingerprint density at radius 1 is 1.27 bits per heavy atom. The van der Waals surface area contributed by atoms with E-state index in [2.05, 4.69) is 67.0 Å². The molecular formula is C19H30BrIN4S. The average molecular weight is 553 g/mol. The summed E-state index contributed by atoms with van der Waals surface area (Å²) in [6, 6.07) is 9.21. The van der Waals surface area contributed by atoms with Gasteiger partial charge in [-0.05, 0) is 62.1 Å². The van der Waals surface area contributed by atoms with Crippen LogP contribution in [0.25, 0.3) is 0 Å². The highest BCUT2D eigenvalue weighted by molar-refractivity contribution is 14.0. The van der Waals surface area contributed by atoms with E-state index in [1.54, 1.807) is 0 Å². The van der Waals surface area contributed by atoms with Crippen LogP contribution in [0.1, 0.15) is 25.7 Å². The van der Waals surface area contributed by atoms with Crippen molar-refractivity contribution in [2.75, 3.05) is 37.8 Å². The first kappa shape index (κ1) is 22.1. The summed E-state index contributed by atoms with van der Waals surface area (Å²) in [5.74, 6) is 1.64. The molecule has 146 valence electrons. The maximum absolute atomic E-state index is 4.42. The van der Waals surface area contributed by atoms with E-state index in [9.17, 15) is 0 Å². The minimum Gasteiger partial charge on any atom is -0.371 e. The van der Waals surface area contributed by atoms with E-state index < -0.39 is 0 Å². The minimum absolute atomic E-state index is 0. The molecule has 3 unspecified atom stereocenters. The van der Waals surface area contributed by atoms with E-state index in [1.165, 1.54) is 31.4 Å². The maximum Gasteiger partial charge on any atom is 0.191 e. The Balaban J connectivity index is 0.00000243. The van der Waals surface area contributed by atoms with Gasteiger partial charge in [0.05, 0.1) is 0 Å². The van der Waals surface area contributed by atoms with Gasteiger partial charge in [-0.15, -0.1) is 24.0 Å². The van der Waals surface area contributed by atoms with Gasteiger partial charge < -0.3 is 15.5 Å². The first-order chi connectivity index (χ1) is 12.2. The van der Waals surface area contributed by atoms with E-state index in [1.807, 2.05) is 18.8 Å². The fraction of sp³-hybridized carbons (Fsp3) is 0.632. The Bertz CT molecular complexity index is 583. The van der Waals surface area contributed by atoms with Gasteiger partial charge in [0.15, 0.2) is 5.96 Å². The highest BCUT2D eigenvalue weighted by Gasteiger charge is 2.26. The number of thioether (sulfide) groups is 1. The molecule has 1 saturated heterocycles. The number of anilines is 1. The van der Waals surface area contributed by atoms with Crippen LogP contribution in [0.2, 0.25) is 0 Å². The fourth-order valence-corrected chi connectivity index (χ4v) is 4.86. The smallest absolute Gasteiger partial charge is 0.191 e. The molecule has 0 aromatic heterocycles. The number of nitrogens with one attached hydrogen (secondary N) is 2. The second kappa shape index (κ2) is 11.0. The molecule has 1 aliphatic heterocycles. The van der Waals surface area contributed by atoms with Gasteiger partial charge in [0, 0.05) is 48.1 Å². The summed E-state index contributed by atoms with van der Waals surface area (Å²) in [6.45, 7) is 3.24. The molecule has 0 amide bonds. The number of nitrogens with zero attached hydrogens (tertiary/aromatic N) is 2. The van der Waals surface area contributed by atoms with Gasteiger partial charge in [0.2, 0.25) is 0 Å². The van der Waals surface area contributed by atoms with Crippen LogP contribution in [0.3, 0.4) is 0 Å². The summed E-state index contributed by atoms with van der Waals surface area (Å²) in [6.07, 6.45) is 7.28. The maximum atomic E-state index is 4.42. The third-order valence-corrected chi connectivity index (χ3v) is 6.94. The normalized spacial score (nSPS) is 25.9. The molecule has 0 bridgehead atoms. The molecule has 0 radical (unpaired) electrons. The summed E-state index contributed by atoms with van der Waals surface area (Å²) in [7, 11) is 1.87. The third-order valence-electron chi connectivity index (χ3n) is 5.32. The topological polar surface area (TPSA) is 39.7 Å². The molecule has 4 nitrogen and oxygen atoms in total. The Hall–Kier alpha value is -0.150. The van der Waals surface area contributed by atoms with E-state index >= 15 is 0 Å². The quantitative estimate of drug-likeness (QED) is 0.324. The van der Waals surface area contributed by atoms with E-state index in [4.69, 9.17) is 0 Å². The van der Waals surface area contributed by atoms with Crippen LogP contribution < -0.4 is 15.5 Å². The number of hydrogen-bond donors (Lipinski definition) is 2. The van der Waals surface area contributed by atoms with Crippen molar-refractivity contribution < 1.29 is 0 Å². The lowest BCUT2D eigenvalue weighted by molar-refractivity contribution is 0.552. The minimum atomic E-state index is 0. The first-order valence-corrected chi connectivity index (χ1v) is 11.3. The number of halogens is 2. The predicted octanol–water partition coefficient (Wildman–Crippen LogP) is 4.34. The summed E-state index contributed by atoms with van der Waals surface area (Å²) in [4.78, 5) is 6.90. The standard InChI is InChI=1S/C19H29BrN4S.HI/c1-21-19(23-16-5-8-18(11-16)25-2)22-12-14-9-10-24(13-14)17-6-3-15(20)4-7-17;/h3-4,6-7,14,16,18H,5,8-13H2,1-2H3,(H2,21,22,23);1H. The molecule has 2 fully saturated rings. The first-order valence-electron chi connectivity index (χ1n) is 9.18. The van der Waals surface area contributed by atoms with Gasteiger partial charge in [0.25, 0.3) is 0 Å². The van der Waals surface area contributed by atoms with Crippen LogP contribution in [-0.4, -0.2) is 50.2 Å². The summed E-state index contributed by atoms with van der Waals surface area (Å²) < 4.78 is 1.14. The van der Waals surface area contributed by atoms with Crippen LogP contribution in [0, 0.1) is 5.92 Å². The van der Waals surface area contributed by atoms with Crippen molar-refractivity contribution in [2.24, 2.45) is 10.9 Å². The monoisotopic (exact) mass is 552 g/mol. The molecule has 2 N–H and O–H groups in total. The predicted molar refractivity (Wildman–Crippen MR) is 129 cm³/mol. The fourth-order valence-electron chi connectivity index (χ4n) is 3.80. The van der Waals surface area contributed by atoms with Gasteiger partial charge in [-0.3, -0.25) is 4.99 Å². The van der Waals surface area contributed by atoms with Crippen molar-refractivity contribution in [3.8, 4) is 0 Å². The van der Waals surface area contributed by atoms with Crippen molar-refractivity contribution in [1.82, 2.24) is 10.6 Å². The molecule has 2 aliphatic rings.